The van der Waals surface area contributed by atoms with Gasteiger partial charge >= 0.3 is 7.82 Å². The van der Waals surface area contributed by atoms with Gasteiger partial charge in [0, 0.05) is 6.42 Å². The number of unbranched alkanes of at least 4 members (excludes halogenated alkanes) is 30. The van der Waals surface area contributed by atoms with Gasteiger partial charge in [-0.15, -0.1) is 0 Å². The van der Waals surface area contributed by atoms with E-state index in [9.17, 15) is 19.4 Å². The molecule has 0 aromatic carbocycles. The summed E-state index contributed by atoms with van der Waals surface area (Å²) >= 11 is 0. The molecule has 0 fully saturated rings. The van der Waals surface area contributed by atoms with Gasteiger partial charge in [-0.2, -0.15) is 0 Å². The second-order valence-corrected chi connectivity index (χ2v) is 28.1. The van der Waals surface area contributed by atoms with E-state index < -0.39 is 20.0 Å². The number of phosphoric acid groups is 1. The van der Waals surface area contributed by atoms with Crippen molar-refractivity contribution in [1.82, 2.24) is 5.32 Å². The molecular weight excluding hydrogens is 1180 g/mol. The quantitative estimate of drug-likeness (QED) is 0.0243. The average Bonchev–Trinajstić information content (AvgIpc) is 1.77. The number of carbonyl (C=O) groups excluding carboxylic acids is 1. The van der Waals surface area contributed by atoms with E-state index in [0.29, 0.717) is 17.4 Å². The Morgan fingerprint density at radius 2 is 0.649 bits per heavy atom. The summed E-state index contributed by atoms with van der Waals surface area (Å²) < 4.78 is 23.8. The van der Waals surface area contributed by atoms with E-state index in [0.717, 1.165) is 128 Å². The number of carbonyl (C=O) groups is 1. The van der Waals surface area contributed by atoms with Gasteiger partial charge in [-0.1, -0.05) is 351 Å². The van der Waals surface area contributed by atoms with Crippen LogP contribution in [0.4, 0.5) is 0 Å². The molecule has 0 aliphatic heterocycles. The molecule has 94 heavy (non-hydrogen) atoms. The number of rotatable bonds is 69. The third-order valence-electron chi connectivity index (χ3n) is 16.4. The van der Waals surface area contributed by atoms with Crippen molar-refractivity contribution in [3.8, 4) is 0 Å². The molecule has 0 aliphatic rings. The molecule has 1 amide bonds. The number of allylic oxidation sites excluding steroid dienone is 27. The van der Waals surface area contributed by atoms with Gasteiger partial charge in [-0.25, -0.2) is 4.57 Å². The number of quaternary nitrogens is 1. The number of nitrogens with one attached hydrogen (secondary N) is 1. The van der Waals surface area contributed by atoms with Gasteiger partial charge in [0.15, 0.2) is 0 Å². The molecule has 0 spiro atoms. The second-order valence-electron chi connectivity index (χ2n) is 26.6. The summed E-state index contributed by atoms with van der Waals surface area (Å²) in [5.74, 6) is -0.215. The zero-order chi connectivity index (χ0) is 68.3. The van der Waals surface area contributed by atoms with Gasteiger partial charge in [0.05, 0.1) is 39.9 Å². The average molecular weight is 1320 g/mol. The highest BCUT2D eigenvalue weighted by Gasteiger charge is 2.28. The SMILES string of the molecule is CC/C=C\C/C=C\C/C=C\C/C=C\C/C=C\C/C=C\C/C=C\C/C=C\C/C=C\C/C=C\C/C=C\C/C=C\CCCCCCC(=O)NC(COP(=O)(O)OCC[N+](C)(C)C)C(O)/C=C/CC/C=C/CCCCCCCCCCCCCCCCCCCCCCCCCCC. The van der Waals surface area contributed by atoms with Crippen LogP contribution in [0.15, 0.2) is 170 Å². The molecular formula is C85H146N2O6P+. The molecule has 3 atom stereocenters. The van der Waals surface area contributed by atoms with E-state index >= 15 is 0 Å². The summed E-state index contributed by atoms with van der Waals surface area (Å²) in [7, 11) is 1.52. The highest BCUT2D eigenvalue weighted by molar-refractivity contribution is 7.47. The Labute approximate surface area is 581 Å². The van der Waals surface area contributed by atoms with Gasteiger partial charge < -0.3 is 19.8 Å². The maximum atomic E-state index is 13.1. The largest absolute Gasteiger partial charge is 0.472 e. The van der Waals surface area contributed by atoms with Gasteiger partial charge in [0.2, 0.25) is 5.91 Å². The van der Waals surface area contributed by atoms with Crippen molar-refractivity contribution in [2.24, 2.45) is 0 Å². The number of hydrogen-bond donors (Lipinski definition) is 3. The standard InChI is InChI=1S/C85H145N2O6P/c1-6-8-10-12-14-16-18-20-22-24-26-28-30-32-34-36-38-39-40-41-42-43-44-45-46-47-49-51-53-55-57-59-61-63-65-67-69-71-73-75-77-79-85(89)86-83(82-93-94(90,91)92-81-80-87(3,4)5)84(88)78-76-74-72-70-68-66-64-62-60-58-56-54-52-50-48-37-35-33-31-29-27-25-23-21-19-17-15-13-11-9-7-2/h8,10,14,16,20,22,26,28,32,34,38-39,41-42,44-45,47,49,53,55,59,61,65,67-68,70,76,78,83-84,88H,6-7,9,11-13,15,17-19,21,23-25,27,29-31,33,35-37,40,43,46,48,50-52,54,56-58,60,62-64,66,69,71-75,77,79-82H2,1-5H3,(H-,86,89,90,91)/p+1/b10-8-,16-14-,22-20-,28-26-,34-32-,39-38-,42-41-,45-44-,49-47-,55-53-,61-59-,67-65-,70-68+,78-76+. The molecule has 0 saturated carbocycles. The van der Waals surface area contributed by atoms with Gasteiger partial charge in [0.1, 0.15) is 13.2 Å². The molecule has 0 aromatic rings. The Kier molecular flexibility index (Phi) is 69.9. The van der Waals surface area contributed by atoms with Crippen molar-refractivity contribution in [3.63, 3.8) is 0 Å². The first kappa shape index (κ1) is 89.9. The highest BCUT2D eigenvalue weighted by Crippen LogP contribution is 2.43. The molecule has 0 saturated heterocycles. The number of aliphatic hydroxyl groups excluding tert-OH is 1. The van der Waals surface area contributed by atoms with Crippen molar-refractivity contribution in [1.29, 1.82) is 0 Å². The summed E-state index contributed by atoms with van der Waals surface area (Å²) in [5, 5.41) is 14.0. The second kappa shape index (κ2) is 73.1. The minimum absolute atomic E-state index is 0.0422. The minimum Gasteiger partial charge on any atom is -0.387 e. The third-order valence-corrected chi connectivity index (χ3v) is 17.4. The first-order chi connectivity index (χ1) is 46.0. The summed E-state index contributed by atoms with van der Waals surface area (Å²) in [4.78, 5) is 23.5. The number of aliphatic hydroxyl groups is 1. The summed E-state index contributed by atoms with van der Waals surface area (Å²) in [5.41, 5.74) is 0. The fourth-order valence-corrected chi connectivity index (χ4v) is 11.2. The normalized spacial score (nSPS) is 14.5. The van der Waals surface area contributed by atoms with Crippen molar-refractivity contribution in [2.45, 2.75) is 321 Å². The number of nitrogens with zero attached hydrogens (tertiary/aromatic N) is 1. The van der Waals surface area contributed by atoms with Crippen LogP contribution < -0.4 is 5.32 Å². The van der Waals surface area contributed by atoms with Gasteiger partial charge in [-0.05, 0) is 122 Å². The third kappa shape index (κ3) is 75.2. The fourth-order valence-electron chi connectivity index (χ4n) is 10.5. The molecule has 0 rings (SSSR count). The lowest BCUT2D eigenvalue weighted by molar-refractivity contribution is -0.870. The molecule has 8 nitrogen and oxygen atoms in total. The summed E-state index contributed by atoms with van der Waals surface area (Å²) in [6.07, 6.45) is 115. The van der Waals surface area contributed by atoms with E-state index in [1.165, 1.54) is 161 Å². The van der Waals surface area contributed by atoms with E-state index in [-0.39, 0.29) is 19.1 Å². The topological polar surface area (TPSA) is 105 Å². The smallest absolute Gasteiger partial charge is 0.387 e. The van der Waals surface area contributed by atoms with Crippen molar-refractivity contribution < 1.29 is 32.9 Å². The molecule has 0 aromatic heterocycles. The van der Waals surface area contributed by atoms with Crippen LogP contribution in [-0.4, -0.2) is 73.4 Å². The maximum absolute atomic E-state index is 13.1. The molecule has 3 N–H and O–H groups in total. The molecule has 536 valence electrons. The Hall–Kier alpha value is -4.14. The van der Waals surface area contributed by atoms with Crippen molar-refractivity contribution in [2.75, 3.05) is 40.9 Å². The first-order valence-corrected chi connectivity index (χ1v) is 40.0. The Balaban J connectivity index is 4.19. The predicted octanol–water partition coefficient (Wildman–Crippen LogP) is 25.4. The van der Waals surface area contributed by atoms with Gasteiger partial charge in [-0.3, -0.25) is 13.8 Å². The lowest BCUT2D eigenvalue weighted by Crippen LogP contribution is -2.45. The lowest BCUT2D eigenvalue weighted by Gasteiger charge is -2.25. The van der Waals surface area contributed by atoms with E-state index in [2.05, 4.69) is 177 Å². The van der Waals surface area contributed by atoms with Crippen LogP contribution in [-0.2, 0) is 18.4 Å². The van der Waals surface area contributed by atoms with Crippen LogP contribution in [0.5, 0.6) is 0 Å². The van der Waals surface area contributed by atoms with Crippen LogP contribution in [0.1, 0.15) is 309 Å². The van der Waals surface area contributed by atoms with E-state index in [1.54, 1.807) is 6.08 Å². The van der Waals surface area contributed by atoms with Crippen LogP contribution in [0.3, 0.4) is 0 Å². The van der Waals surface area contributed by atoms with Crippen LogP contribution in [0, 0.1) is 0 Å². The Bertz CT molecular complexity index is 2150. The van der Waals surface area contributed by atoms with Crippen LogP contribution in [0.25, 0.3) is 0 Å². The van der Waals surface area contributed by atoms with Crippen LogP contribution >= 0.6 is 7.82 Å². The lowest BCUT2D eigenvalue weighted by atomic mass is 10.0. The maximum Gasteiger partial charge on any atom is 0.472 e. The summed E-state index contributed by atoms with van der Waals surface area (Å²) in [6, 6.07) is -0.893. The van der Waals surface area contributed by atoms with Gasteiger partial charge in [0.25, 0.3) is 0 Å². The zero-order valence-corrected chi connectivity index (χ0v) is 62.3. The molecule has 0 radical (unpaired) electrons. The molecule has 0 aliphatic carbocycles. The monoisotopic (exact) mass is 1320 g/mol. The van der Waals surface area contributed by atoms with E-state index in [1.807, 2.05) is 27.2 Å². The zero-order valence-electron chi connectivity index (χ0n) is 61.4. The number of likely N-dealkylation sites (N-methyl/N-ethyl adjacent to an activating group) is 1. The molecule has 3 unspecified atom stereocenters. The van der Waals surface area contributed by atoms with Crippen molar-refractivity contribution in [3.05, 3.63) is 170 Å². The minimum atomic E-state index is -4.39. The molecule has 0 heterocycles. The number of hydrogen-bond acceptors (Lipinski definition) is 5. The summed E-state index contributed by atoms with van der Waals surface area (Å²) in [6.45, 7) is 4.67. The number of phosphoric ester groups is 1. The van der Waals surface area contributed by atoms with Crippen LogP contribution in [0.2, 0.25) is 0 Å². The number of amides is 1. The highest BCUT2D eigenvalue weighted by atomic mass is 31.2. The first-order valence-electron chi connectivity index (χ1n) is 38.5. The molecule has 0 bridgehead atoms. The fraction of sp³-hybridized carbons (Fsp3) is 0.659. The Morgan fingerprint density at radius 3 is 0.979 bits per heavy atom. The Morgan fingerprint density at radius 1 is 0.372 bits per heavy atom. The van der Waals surface area contributed by atoms with E-state index in [4.69, 9.17) is 9.05 Å². The predicted molar refractivity (Wildman–Crippen MR) is 414 cm³/mol. The van der Waals surface area contributed by atoms with Crippen molar-refractivity contribution >= 4 is 13.7 Å². The molecule has 9 heteroatoms.